The van der Waals surface area contributed by atoms with E-state index in [-0.39, 0.29) is 0 Å². The zero-order chi connectivity index (χ0) is 8.69. The SMILES string of the molecule is CC.CNCc1cc(C)on1. The Hall–Kier alpha value is -0.830. The van der Waals surface area contributed by atoms with Crippen LogP contribution in [0.2, 0.25) is 0 Å². The molecule has 3 heteroatoms. The van der Waals surface area contributed by atoms with Crippen molar-refractivity contribution in [3.63, 3.8) is 0 Å². The monoisotopic (exact) mass is 156 g/mol. The quantitative estimate of drug-likeness (QED) is 0.708. The molecule has 0 fully saturated rings. The molecule has 0 aliphatic rings. The summed E-state index contributed by atoms with van der Waals surface area (Å²) in [5, 5.41) is 6.74. The summed E-state index contributed by atoms with van der Waals surface area (Å²) >= 11 is 0. The molecule has 1 aromatic rings. The van der Waals surface area contributed by atoms with E-state index in [9.17, 15) is 0 Å². The molecule has 1 N–H and O–H groups in total. The number of aromatic nitrogens is 1. The largest absolute Gasteiger partial charge is 0.361 e. The Morgan fingerprint density at radius 1 is 1.55 bits per heavy atom. The van der Waals surface area contributed by atoms with Crippen LogP contribution < -0.4 is 5.32 Å². The highest BCUT2D eigenvalue weighted by Crippen LogP contribution is 1.99. The first-order valence-electron chi connectivity index (χ1n) is 3.89. The van der Waals surface area contributed by atoms with E-state index >= 15 is 0 Å². The summed E-state index contributed by atoms with van der Waals surface area (Å²) in [7, 11) is 1.88. The van der Waals surface area contributed by atoms with Crippen molar-refractivity contribution in [2.75, 3.05) is 7.05 Å². The molecular formula is C8H16N2O. The maximum absolute atomic E-state index is 4.83. The fraction of sp³-hybridized carbons (Fsp3) is 0.625. The second-order valence-corrected chi connectivity index (χ2v) is 1.96. The van der Waals surface area contributed by atoms with Crippen LogP contribution in [0.5, 0.6) is 0 Å². The Morgan fingerprint density at radius 2 is 2.18 bits per heavy atom. The van der Waals surface area contributed by atoms with Gasteiger partial charge >= 0.3 is 0 Å². The van der Waals surface area contributed by atoms with Crippen LogP contribution in [0, 0.1) is 6.92 Å². The Labute approximate surface area is 67.8 Å². The van der Waals surface area contributed by atoms with E-state index in [1.807, 2.05) is 33.9 Å². The molecule has 0 atom stereocenters. The number of aryl methyl sites for hydroxylation is 1. The normalized spacial score (nSPS) is 8.73. The van der Waals surface area contributed by atoms with E-state index in [1.165, 1.54) is 0 Å². The summed E-state index contributed by atoms with van der Waals surface area (Å²) in [5.74, 6) is 0.861. The number of hydrogen-bond acceptors (Lipinski definition) is 3. The average Bonchev–Trinajstić information content (AvgIpc) is 2.41. The zero-order valence-electron chi connectivity index (χ0n) is 7.64. The van der Waals surface area contributed by atoms with Gasteiger partial charge < -0.3 is 9.84 Å². The maximum Gasteiger partial charge on any atom is 0.133 e. The van der Waals surface area contributed by atoms with Crippen molar-refractivity contribution in [1.29, 1.82) is 0 Å². The molecule has 1 rings (SSSR count). The van der Waals surface area contributed by atoms with Crippen LogP contribution in [0.15, 0.2) is 10.6 Å². The van der Waals surface area contributed by atoms with Crippen molar-refractivity contribution in [3.8, 4) is 0 Å². The molecule has 0 unspecified atom stereocenters. The van der Waals surface area contributed by atoms with Gasteiger partial charge in [-0.05, 0) is 14.0 Å². The number of nitrogens with zero attached hydrogens (tertiary/aromatic N) is 1. The van der Waals surface area contributed by atoms with Crippen LogP contribution in [0.3, 0.4) is 0 Å². The van der Waals surface area contributed by atoms with E-state index in [0.29, 0.717) is 0 Å². The standard InChI is InChI=1S/C6H10N2O.C2H6/c1-5-3-6(4-7-2)8-9-5;1-2/h3,7H,4H2,1-2H3;1-2H3. The van der Waals surface area contributed by atoms with Crippen LogP contribution in [0.1, 0.15) is 25.3 Å². The van der Waals surface area contributed by atoms with Gasteiger partial charge in [-0.2, -0.15) is 0 Å². The molecule has 0 aliphatic carbocycles. The number of nitrogens with one attached hydrogen (secondary N) is 1. The predicted molar refractivity (Wildman–Crippen MR) is 45.4 cm³/mol. The van der Waals surface area contributed by atoms with E-state index in [2.05, 4.69) is 10.5 Å². The van der Waals surface area contributed by atoms with Gasteiger partial charge in [-0.15, -0.1) is 0 Å². The third-order valence-corrected chi connectivity index (χ3v) is 1.03. The van der Waals surface area contributed by atoms with Crippen LogP contribution in [-0.4, -0.2) is 12.2 Å². The molecule has 0 aromatic carbocycles. The van der Waals surface area contributed by atoms with Crippen molar-refractivity contribution < 1.29 is 4.52 Å². The first-order chi connectivity index (χ1) is 5.33. The molecule has 1 aromatic heterocycles. The Bertz CT molecular complexity index is 184. The molecule has 0 aliphatic heterocycles. The summed E-state index contributed by atoms with van der Waals surface area (Å²) in [6.45, 7) is 6.66. The molecule has 1 heterocycles. The summed E-state index contributed by atoms with van der Waals surface area (Å²) in [5.41, 5.74) is 0.954. The highest BCUT2D eigenvalue weighted by atomic mass is 16.5. The highest BCUT2D eigenvalue weighted by Gasteiger charge is 1.95. The van der Waals surface area contributed by atoms with Gasteiger partial charge in [-0.3, -0.25) is 0 Å². The average molecular weight is 156 g/mol. The lowest BCUT2D eigenvalue weighted by Gasteiger charge is -1.86. The van der Waals surface area contributed by atoms with Crippen LogP contribution in [0.4, 0.5) is 0 Å². The van der Waals surface area contributed by atoms with Crippen LogP contribution >= 0.6 is 0 Å². The number of hydrogen-bond donors (Lipinski definition) is 1. The van der Waals surface area contributed by atoms with Crippen LogP contribution in [-0.2, 0) is 6.54 Å². The zero-order valence-corrected chi connectivity index (χ0v) is 7.64. The van der Waals surface area contributed by atoms with Gasteiger partial charge in [0.2, 0.25) is 0 Å². The van der Waals surface area contributed by atoms with E-state index in [1.54, 1.807) is 0 Å². The van der Waals surface area contributed by atoms with Crippen molar-refractivity contribution in [3.05, 3.63) is 17.5 Å². The summed E-state index contributed by atoms with van der Waals surface area (Å²) in [6.07, 6.45) is 0. The second kappa shape index (κ2) is 5.92. The third-order valence-electron chi connectivity index (χ3n) is 1.03. The summed E-state index contributed by atoms with van der Waals surface area (Å²) < 4.78 is 4.83. The Morgan fingerprint density at radius 3 is 2.55 bits per heavy atom. The van der Waals surface area contributed by atoms with Gasteiger partial charge in [0.25, 0.3) is 0 Å². The molecular weight excluding hydrogens is 140 g/mol. The Kier molecular flexibility index (Phi) is 5.47. The van der Waals surface area contributed by atoms with Crippen LogP contribution in [0.25, 0.3) is 0 Å². The topological polar surface area (TPSA) is 38.1 Å². The minimum atomic E-state index is 0.775. The van der Waals surface area contributed by atoms with Gasteiger partial charge in [0.05, 0.1) is 5.69 Å². The summed E-state index contributed by atoms with van der Waals surface area (Å²) in [6, 6.07) is 1.91. The molecule has 0 radical (unpaired) electrons. The van der Waals surface area contributed by atoms with Crippen molar-refractivity contribution in [2.24, 2.45) is 0 Å². The fourth-order valence-corrected chi connectivity index (χ4v) is 0.682. The molecule has 0 spiro atoms. The van der Waals surface area contributed by atoms with Gasteiger partial charge in [0.15, 0.2) is 0 Å². The van der Waals surface area contributed by atoms with E-state index < -0.39 is 0 Å². The first-order valence-corrected chi connectivity index (χ1v) is 3.89. The smallest absolute Gasteiger partial charge is 0.133 e. The summed E-state index contributed by atoms with van der Waals surface area (Å²) in [4.78, 5) is 0. The lowest BCUT2D eigenvalue weighted by atomic mass is 10.4. The maximum atomic E-state index is 4.83. The highest BCUT2D eigenvalue weighted by molar-refractivity contribution is 5.02. The number of rotatable bonds is 2. The van der Waals surface area contributed by atoms with Gasteiger partial charge in [-0.25, -0.2) is 0 Å². The molecule has 0 bridgehead atoms. The minimum Gasteiger partial charge on any atom is -0.361 e. The third kappa shape index (κ3) is 3.78. The lowest BCUT2D eigenvalue weighted by molar-refractivity contribution is 0.389. The predicted octanol–water partition coefficient (Wildman–Crippen LogP) is 1.73. The van der Waals surface area contributed by atoms with E-state index in [0.717, 1.165) is 18.0 Å². The molecule has 3 nitrogen and oxygen atoms in total. The lowest BCUT2D eigenvalue weighted by Crippen LogP contribution is -2.04. The molecule has 64 valence electrons. The molecule has 0 saturated heterocycles. The van der Waals surface area contributed by atoms with Gasteiger partial charge in [0, 0.05) is 12.6 Å². The minimum absolute atomic E-state index is 0.775. The molecule has 11 heavy (non-hydrogen) atoms. The Balaban J connectivity index is 0.000000461. The van der Waals surface area contributed by atoms with Crippen molar-refractivity contribution >= 4 is 0 Å². The fourth-order valence-electron chi connectivity index (χ4n) is 0.682. The van der Waals surface area contributed by atoms with Gasteiger partial charge in [0.1, 0.15) is 5.76 Å². The van der Waals surface area contributed by atoms with Crippen molar-refractivity contribution in [1.82, 2.24) is 10.5 Å². The molecule has 0 saturated carbocycles. The van der Waals surface area contributed by atoms with Gasteiger partial charge in [-0.1, -0.05) is 19.0 Å². The second-order valence-electron chi connectivity index (χ2n) is 1.96. The molecule has 0 amide bonds. The first kappa shape index (κ1) is 10.2. The van der Waals surface area contributed by atoms with E-state index in [4.69, 9.17) is 4.52 Å². The van der Waals surface area contributed by atoms with Crippen molar-refractivity contribution in [2.45, 2.75) is 27.3 Å².